The maximum absolute atomic E-state index is 13.0. The standard InChI is InChI=1S/C18H22N10O5S3/c1-27-8(20)3-7(19)22-18(27)35-5-6-4-34-15-10(14(30)28(15)11(6)16(31)32)23-13(29)9(25-33-2)12-24-17(21)36-26-12/h3,8,10,15H,4-5,19-20H2,1-2H3,(H,23,29)(H,31,32)(H2,21,24,26)/b25-9-/t8?,10?,15-/m0/s1. The third kappa shape index (κ3) is 4.84. The molecule has 0 saturated carbocycles. The molecule has 2 unspecified atom stereocenters. The molecule has 0 aromatic carbocycles. The van der Waals surface area contributed by atoms with Crippen molar-refractivity contribution < 1.29 is 24.3 Å². The van der Waals surface area contributed by atoms with Gasteiger partial charge in [-0.25, -0.2) is 9.79 Å². The van der Waals surface area contributed by atoms with Gasteiger partial charge in [0.15, 0.2) is 10.3 Å². The number of carboxylic acids is 1. The lowest BCUT2D eigenvalue weighted by molar-refractivity contribution is -0.150. The van der Waals surface area contributed by atoms with Gasteiger partial charge in [0, 0.05) is 30.1 Å². The Bertz CT molecular complexity index is 1230. The van der Waals surface area contributed by atoms with Crippen LogP contribution in [0, 0.1) is 0 Å². The van der Waals surface area contributed by atoms with Gasteiger partial charge in [-0.15, -0.1) is 11.8 Å². The molecule has 15 nitrogen and oxygen atoms in total. The van der Waals surface area contributed by atoms with E-state index in [9.17, 15) is 19.5 Å². The Kier molecular flexibility index (Phi) is 7.38. The third-order valence-electron chi connectivity index (χ3n) is 5.28. The van der Waals surface area contributed by atoms with Gasteiger partial charge in [-0.1, -0.05) is 16.9 Å². The van der Waals surface area contributed by atoms with E-state index in [1.54, 1.807) is 18.0 Å². The highest BCUT2D eigenvalue weighted by Gasteiger charge is 2.54. The Morgan fingerprint density at radius 1 is 1.42 bits per heavy atom. The monoisotopic (exact) mass is 554 g/mol. The molecule has 0 spiro atoms. The number of thioether (sulfide) groups is 2. The lowest BCUT2D eigenvalue weighted by Gasteiger charge is -2.49. The number of fused-ring (bicyclic) bond motifs is 1. The molecule has 1 saturated heterocycles. The molecule has 8 N–H and O–H groups in total. The molecule has 192 valence electrons. The Morgan fingerprint density at radius 3 is 2.81 bits per heavy atom. The van der Waals surface area contributed by atoms with Gasteiger partial charge in [-0.05, 0) is 11.6 Å². The summed E-state index contributed by atoms with van der Waals surface area (Å²) in [5.74, 6) is -1.75. The molecule has 3 atom stereocenters. The number of hydrogen-bond donors (Lipinski definition) is 5. The van der Waals surface area contributed by atoms with E-state index >= 15 is 0 Å². The lowest BCUT2D eigenvalue weighted by atomic mass is 10.0. The summed E-state index contributed by atoms with van der Waals surface area (Å²) in [5.41, 5.74) is 17.5. The van der Waals surface area contributed by atoms with E-state index in [-0.39, 0.29) is 33.9 Å². The predicted molar refractivity (Wildman–Crippen MR) is 135 cm³/mol. The minimum atomic E-state index is -1.24. The molecular weight excluding hydrogens is 532 g/mol. The summed E-state index contributed by atoms with van der Waals surface area (Å²) in [6, 6.07) is -0.971. The molecule has 3 aliphatic heterocycles. The first kappa shape index (κ1) is 25.7. The molecule has 0 bridgehead atoms. The van der Waals surface area contributed by atoms with Crippen molar-refractivity contribution in [2.45, 2.75) is 17.6 Å². The van der Waals surface area contributed by atoms with E-state index in [0.29, 0.717) is 16.5 Å². The third-order valence-corrected chi connectivity index (χ3v) is 8.29. The van der Waals surface area contributed by atoms with Gasteiger partial charge in [-0.2, -0.15) is 9.36 Å². The van der Waals surface area contributed by atoms with Crippen LogP contribution in [0.15, 0.2) is 33.3 Å². The fourth-order valence-corrected chi connectivity index (χ4v) is 6.48. The molecule has 2 amide bonds. The Morgan fingerprint density at radius 2 is 2.17 bits per heavy atom. The maximum atomic E-state index is 13.0. The van der Waals surface area contributed by atoms with E-state index in [1.165, 1.54) is 35.5 Å². The molecule has 1 fully saturated rings. The fraction of sp³-hybridized carbons (Fsp3) is 0.389. The average Bonchev–Trinajstić information content (AvgIpc) is 3.26. The molecule has 4 heterocycles. The smallest absolute Gasteiger partial charge is 0.352 e. The lowest BCUT2D eigenvalue weighted by Crippen LogP contribution is -2.71. The van der Waals surface area contributed by atoms with Crippen LogP contribution in [0.25, 0.3) is 0 Å². The van der Waals surface area contributed by atoms with Crippen molar-refractivity contribution in [1.29, 1.82) is 0 Å². The van der Waals surface area contributed by atoms with Gasteiger partial charge >= 0.3 is 5.97 Å². The largest absolute Gasteiger partial charge is 0.477 e. The van der Waals surface area contributed by atoms with Crippen molar-refractivity contribution >= 4 is 68.9 Å². The Hall–Kier alpha value is -3.35. The second-order valence-corrected chi connectivity index (χ2v) is 10.4. The predicted octanol–water partition coefficient (Wildman–Crippen LogP) is -1.67. The van der Waals surface area contributed by atoms with E-state index in [1.807, 2.05) is 0 Å². The molecule has 36 heavy (non-hydrogen) atoms. The average molecular weight is 555 g/mol. The highest BCUT2D eigenvalue weighted by atomic mass is 32.2. The summed E-state index contributed by atoms with van der Waals surface area (Å²) >= 11 is 3.47. The zero-order valence-electron chi connectivity index (χ0n) is 18.9. The summed E-state index contributed by atoms with van der Waals surface area (Å²) in [7, 11) is 3.00. The van der Waals surface area contributed by atoms with Crippen molar-refractivity contribution in [2.24, 2.45) is 21.6 Å². The number of rotatable bonds is 7. The second-order valence-electron chi connectivity index (χ2n) is 7.57. The van der Waals surface area contributed by atoms with Crippen molar-refractivity contribution in [3.05, 3.63) is 29.0 Å². The van der Waals surface area contributed by atoms with Crippen LogP contribution in [-0.2, 0) is 19.2 Å². The Labute approximate surface area is 217 Å². The van der Waals surface area contributed by atoms with Crippen molar-refractivity contribution in [1.82, 2.24) is 24.5 Å². The van der Waals surface area contributed by atoms with Crippen LogP contribution < -0.4 is 22.5 Å². The van der Waals surface area contributed by atoms with Crippen LogP contribution in [0.1, 0.15) is 5.82 Å². The first-order valence-electron chi connectivity index (χ1n) is 10.2. The normalized spacial score (nSPS) is 24.0. The van der Waals surface area contributed by atoms with Crippen LogP contribution in [0.2, 0.25) is 0 Å². The molecule has 3 aliphatic rings. The van der Waals surface area contributed by atoms with Gasteiger partial charge in [-0.3, -0.25) is 14.5 Å². The number of amides is 2. The zero-order valence-corrected chi connectivity index (χ0v) is 21.4. The molecule has 18 heteroatoms. The molecule has 1 aromatic heterocycles. The number of aliphatic carboxylic acids is 1. The summed E-state index contributed by atoms with van der Waals surface area (Å²) in [5, 5.41) is 16.2. The first-order chi connectivity index (χ1) is 17.1. The molecule has 0 radical (unpaired) electrons. The van der Waals surface area contributed by atoms with Gasteiger partial charge in [0.1, 0.15) is 36.2 Å². The first-order valence-corrected chi connectivity index (χ1v) is 13.0. The summed E-state index contributed by atoms with van der Waals surface area (Å²) < 4.78 is 3.94. The zero-order chi connectivity index (χ0) is 26.1. The SMILES string of the molecule is CO/N=C(\C(=O)NC1C(=O)N2C(C(=O)O)=C(CSC3=NC(N)=CC(N)N3C)CS[C@@H]12)c1nsc(N)n1. The summed E-state index contributed by atoms with van der Waals surface area (Å²) in [6.45, 7) is 0. The highest BCUT2D eigenvalue weighted by Crippen LogP contribution is 2.41. The van der Waals surface area contributed by atoms with Crippen LogP contribution in [0.3, 0.4) is 0 Å². The number of amidine groups is 1. The molecule has 4 rings (SSSR count). The van der Waals surface area contributed by atoms with Gasteiger partial charge in [0.25, 0.3) is 11.8 Å². The number of carboxylic acid groups (broad SMARTS) is 1. The number of carbonyl (C=O) groups is 3. The number of aliphatic imine (C=N–C) groups is 1. The van der Waals surface area contributed by atoms with Crippen LogP contribution in [-0.4, -0.2) is 96.2 Å². The van der Waals surface area contributed by atoms with Gasteiger partial charge in [0.05, 0.1) is 0 Å². The number of oxime groups is 1. The van der Waals surface area contributed by atoms with E-state index in [2.05, 4.69) is 24.8 Å². The number of nitrogen functional groups attached to an aromatic ring is 1. The summed E-state index contributed by atoms with van der Waals surface area (Å²) in [4.78, 5) is 53.7. The van der Waals surface area contributed by atoms with Crippen molar-refractivity contribution in [2.75, 3.05) is 31.4 Å². The number of anilines is 1. The van der Waals surface area contributed by atoms with E-state index < -0.39 is 35.4 Å². The quantitative estimate of drug-likeness (QED) is 0.144. The van der Waals surface area contributed by atoms with Crippen LogP contribution in [0.4, 0.5) is 5.13 Å². The number of carbonyl (C=O) groups excluding carboxylic acids is 2. The number of nitrogens with two attached hydrogens (primary N) is 3. The number of likely N-dealkylation sites (N-methyl/N-ethyl adjacent to an activating group) is 1. The maximum Gasteiger partial charge on any atom is 0.352 e. The molecular formula is C18H22N10O5S3. The topological polar surface area (TPSA) is 228 Å². The highest BCUT2D eigenvalue weighted by molar-refractivity contribution is 8.14. The van der Waals surface area contributed by atoms with Crippen LogP contribution in [0.5, 0.6) is 0 Å². The van der Waals surface area contributed by atoms with Gasteiger partial charge in [0.2, 0.25) is 11.5 Å². The van der Waals surface area contributed by atoms with E-state index in [0.717, 1.165) is 11.5 Å². The second kappa shape index (κ2) is 10.3. The number of nitrogens with one attached hydrogen (secondary N) is 1. The summed E-state index contributed by atoms with van der Waals surface area (Å²) in [6.07, 6.45) is 1.15. The number of aromatic nitrogens is 2. The number of nitrogens with zero attached hydrogens (tertiary/aromatic N) is 6. The minimum absolute atomic E-state index is 0.0481. The van der Waals surface area contributed by atoms with Crippen molar-refractivity contribution in [3.63, 3.8) is 0 Å². The molecule has 1 aromatic rings. The molecule has 0 aliphatic carbocycles. The fourth-order valence-electron chi connectivity index (χ4n) is 3.54. The number of β-lactam (4-membered cyclic amide) rings is 1. The van der Waals surface area contributed by atoms with Gasteiger partial charge < -0.3 is 37.4 Å². The van der Waals surface area contributed by atoms with E-state index in [4.69, 9.17) is 22.0 Å². The number of hydrogen-bond acceptors (Lipinski definition) is 15. The van der Waals surface area contributed by atoms with Crippen molar-refractivity contribution in [3.8, 4) is 0 Å². The minimum Gasteiger partial charge on any atom is -0.477 e. The Balaban J connectivity index is 1.49. The van der Waals surface area contributed by atoms with Crippen LogP contribution >= 0.6 is 35.1 Å².